The molecule has 6 nitrogen and oxygen atoms in total. The van der Waals surface area contributed by atoms with E-state index in [1.54, 1.807) is 0 Å². The molecular formula is C18H25F5N4O2. The molecule has 11 heteroatoms. The second kappa shape index (κ2) is 10.6. The summed E-state index contributed by atoms with van der Waals surface area (Å²) in [5.74, 6) is 0.377. The van der Waals surface area contributed by atoms with Crippen molar-refractivity contribution in [2.75, 3.05) is 32.7 Å². The normalized spacial score (nSPS) is 19.4. The Kier molecular flexibility index (Phi) is 8.45. The summed E-state index contributed by atoms with van der Waals surface area (Å²) in [6, 6.07) is 5.39. The number of benzene rings is 1. The molecular weight excluding hydrogens is 399 g/mol. The number of rotatable bonds is 8. The Labute approximate surface area is 165 Å². The summed E-state index contributed by atoms with van der Waals surface area (Å²) >= 11 is 0. The molecule has 2 atom stereocenters. The molecule has 2 unspecified atom stereocenters. The summed E-state index contributed by atoms with van der Waals surface area (Å²) in [6.07, 6.45) is -4.65. The van der Waals surface area contributed by atoms with Crippen molar-refractivity contribution in [2.45, 2.75) is 38.3 Å². The van der Waals surface area contributed by atoms with Crippen LogP contribution in [-0.4, -0.2) is 67.5 Å². The molecule has 1 heterocycles. The summed E-state index contributed by atoms with van der Waals surface area (Å²) in [5, 5.41) is 16.3. The van der Waals surface area contributed by atoms with Crippen LogP contribution in [0.2, 0.25) is 0 Å². The molecule has 1 aliphatic heterocycles. The van der Waals surface area contributed by atoms with E-state index in [2.05, 4.69) is 20.4 Å². The van der Waals surface area contributed by atoms with E-state index in [0.29, 0.717) is 31.0 Å². The second-order valence-electron chi connectivity index (χ2n) is 6.66. The zero-order chi connectivity index (χ0) is 21.4. The van der Waals surface area contributed by atoms with E-state index in [1.807, 2.05) is 6.92 Å². The second-order valence-corrected chi connectivity index (χ2v) is 6.66. The monoisotopic (exact) mass is 424 g/mol. The SMILES string of the molecule is CCNC(=NCC(O)c1ccc(OC(F)F)cc1)NC1CCN(CC(F)(F)F)C1. The van der Waals surface area contributed by atoms with Gasteiger partial charge in [0.1, 0.15) is 5.75 Å². The Morgan fingerprint density at radius 1 is 1.31 bits per heavy atom. The maximum atomic E-state index is 12.5. The van der Waals surface area contributed by atoms with Crippen molar-refractivity contribution < 1.29 is 31.8 Å². The number of nitrogens with one attached hydrogen (secondary N) is 2. The van der Waals surface area contributed by atoms with Crippen molar-refractivity contribution in [1.29, 1.82) is 0 Å². The predicted molar refractivity (Wildman–Crippen MR) is 98.0 cm³/mol. The van der Waals surface area contributed by atoms with Crippen LogP contribution < -0.4 is 15.4 Å². The van der Waals surface area contributed by atoms with Gasteiger partial charge in [-0.25, -0.2) is 0 Å². The Hall–Kier alpha value is -2.14. The van der Waals surface area contributed by atoms with Gasteiger partial charge in [0.25, 0.3) is 0 Å². The molecule has 0 saturated carbocycles. The molecule has 29 heavy (non-hydrogen) atoms. The highest BCUT2D eigenvalue weighted by molar-refractivity contribution is 5.80. The van der Waals surface area contributed by atoms with Gasteiger partial charge in [0.15, 0.2) is 5.96 Å². The minimum Gasteiger partial charge on any atom is -0.435 e. The largest absolute Gasteiger partial charge is 0.435 e. The van der Waals surface area contributed by atoms with Crippen molar-refractivity contribution in [2.24, 2.45) is 4.99 Å². The van der Waals surface area contributed by atoms with Crippen LogP contribution in [0.3, 0.4) is 0 Å². The van der Waals surface area contributed by atoms with Crippen LogP contribution in [0, 0.1) is 0 Å². The summed E-state index contributed by atoms with van der Waals surface area (Å²) in [5.41, 5.74) is 0.475. The molecule has 1 aliphatic rings. The lowest BCUT2D eigenvalue weighted by Crippen LogP contribution is -2.45. The fourth-order valence-corrected chi connectivity index (χ4v) is 3.02. The Bertz CT molecular complexity index is 655. The number of likely N-dealkylation sites (tertiary alicyclic amines) is 1. The van der Waals surface area contributed by atoms with E-state index in [-0.39, 0.29) is 24.9 Å². The van der Waals surface area contributed by atoms with E-state index >= 15 is 0 Å². The fraction of sp³-hybridized carbons (Fsp3) is 0.611. The lowest BCUT2D eigenvalue weighted by atomic mass is 10.1. The predicted octanol–water partition coefficient (Wildman–Crippen LogP) is 2.51. The van der Waals surface area contributed by atoms with Gasteiger partial charge in [0.05, 0.1) is 19.2 Å². The van der Waals surface area contributed by atoms with Crippen LogP contribution in [0.25, 0.3) is 0 Å². The molecule has 0 aromatic heterocycles. The third kappa shape index (κ3) is 8.40. The molecule has 3 N–H and O–H groups in total. The molecule has 2 rings (SSSR count). The first-order chi connectivity index (χ1) is 13.7. The summed E-state index contributed by atoms with van der Waals surface area (Å²) in [4.78, 5) is 5.61. The van der Waals surface area contributed by atoms with Gasteiger partial charge < -0.3 is 20.5 Å². The Morgan fingerprint density at radius 3 is 2.59 bits per heavy atom. The first kappa shape index (κ1) is 23.1. The molecule has 1 aromatic rings. The third-order valence-electron chi connectivity index (χ3n) is 4.27. The highest BCUT2D eigenvalue weighted by Gasteiger charge is 2.34. The molecule has 1 aromatic carbocycles. The fourth-order valence-electron chi connectivity index (χ4n) is 3.02. The average molecular weight is 424 g/mol. The van der Waals surface area contributed by atoms with Gasteiger partial charge in [0.2, 0.25) is 0 Å². The van der Waals surface area contributed by atoms with Gasteiger partial charge in [-0.3, -0.25) is 9.89 Å². The number of alkyl halides is 5. The van der Waals surface area contributed by atoms with E-state index in [0.717, 1.165) is 0 Å². The molecule has 0 amide bonds. The van der Waals surface area contributed by atoms with Crippen molar-refractivity contribution in [3.8, 4) is 5.75 Å². The van der Waals surface area contributed by atoms with Gasteiger partial charge >= 0.3 is 12.8 Å². The number of nitrogens with zero attached hydrogens (tertiary/aromatic N) is 2. The lowest BCUT2D eigenvalue weighted by molar-refractivity contribution is -0.143. The van der Waals surface area contributed by atoms with E-state index in [9.17, 15) is 27.1 Å². The van der Waals surface area contributed by atoms with E-state index in [4.69, 9.17) is 0 Å². The van der Waals surface area contributed by atoms with Crippen molar-refractivity contribution in [3.63, 3.8) is 0 Å². The minimum atomic E-state index is -4.23. The van der Waals surface area contributed by atoms with Crippen LogP contribution in [0.1, 0.15) is 25.0 Å². The zero-order valence-electron chi connectivity index (χ0n) is 15.9. The summed E-state index contributed by atoms with van der Waals surface area (Å²) < 4.78 is 66.1. The van der Waals surface area contributed by atoms with Crippen molar-refractivity contribution in [1.82, 2.24) is 15.5 Å². The number of aliphatic hydroxyl groups is 1. The van der Waals surface area contributed by atoms with E-state index in [1.165, 1.54) is 29.2 Å². The molecule has 0 bridgehead atoms. The maximum Gasteiger partial charge on any atom is 0.401 e. The van der Waals surface area contributed by atoms with Gasteiger partial charge in [-0.1, -0.05) is 12.1 Å². The number of halogens is 5. The number of aliphatic imine (C=N–C) groups is 1. The quantitative estimate of drug-likeness (QED) is 0.340. The first-order valence-corrected chi connectivity index (χ1v) is 9.23. The number of hydrogen-bond acceptors (Lipinski definition) is 4. The lowest BCUT2D eigenvalue weighted by Gasteiger charge is -2.20. The van der Waals surface area contributed by atoms with Gasteiger partial charge in [0, 0.05) is 25.7 Å². The summed E-state index contributed by atoms with van der Waals surface area (Å²) in [6.45, 7) is -0.899. The Balaban J connectivity index is 1.89. The summed E-state index contributed by atoms with van der Waals surface area (Å²) in [7, 11) is 0. The van der Waals surface area contributed by atoms with E-state index < -0.39 is 25.4 Å². The maximum absolute atomic E-state index is 12.5. The van der Waals surface area contributed by atoms with Crippen LogP contribution in [-0.2, 0) is 0 Å². The van der Waals surface area contributed by atoms with Crippen LogP contribution in [0.15, 0.2) is 29.3 Å². The highest BCUT2D eigenvalue weighted by Crippen LogP contribution is 2.21. The van der Waals surface area contributed by atoms with Crippen LogP contribution in [0.5, 0.6) is 5.75 Å². The Morgan fingerprint density at radius 2 is 2.00 bits per heavy atom. The first-order valence-electron chi connectivity index (χ1n) is 9.23. The molecule has 1 fully saturated rings. The average Bonchev–Trinajstić information content (AvgIpc) is 3.04. The standard InChI is InChI=1S/C18H25F5N4O2/c1-2-24-17(26-13-7-8-27(10-13)11-18(21,22)23)25-9-15(28)12-3-5-14(6-4-12)29-16(19)20/h3-6,13,15-16,28H,2,7-11H2,1H3,(H2,24,25,26). The molecule has 1 saturated heterocycles. The molecule has 0 radical (unpaired) electrons. The number of ether oxygens (including phenoxy) is 1. The number of guanidine groups is 1. The van der Waals surface area contributed by atoms with Crippen molar-refractivity contribution in [3.05, 3.63) is 29.8 Å². The molecule has 0 spiro atoms. The van der Waals surface area contributed by atoms with Gasteiger partial charge in [-0.05, 0) is 31.0 Å². The van der Waals surface area contributed by atoms with Gasteiger partial charge in [-0.15, -0.1) is 0 Å². The van der Waals surface area contributed by atoms with Crippen molar-refractivity contribution >= 4 is 5.96 Å². The topological polar surface area (TPSA) is 69.1 Å². The minimum absolute atomic E-state index is 0.0105. The van der Waals surface area contributed by atoms with Crippen LogP contribution >= 0.6 is 0 Å². The number of hydrogen-bond donors (Lipinski definition) is 3. The smallest absolute Gasteiger partial charge is 0.401 e. The molecule has 0 aliphatic carbocycles. The zero-order valence-corrected chi connectivity index (χ0v) is 15.9. The van der Waals surface area contributed by atoms with Gasteiger partial charge in [-0.2, -0.15) is 22.0 Å². The third-order valence-corrected chi connectivity index (χ3v) is 4.27. The molecule has 164 valence electrons. The number of aliphatic hydroxyl groups excluding tert-OH is 1. The highest BCUT2D eigenvalue weighted by atomic mass is 19.4. The van der Waals surface area contributed by atoms with Crippen LogP contribution in [0.4, 0.5) is 22.0 Å².